The van der Waals surface area contributed by atoms with Gasteiger partial charge in [-0.2, -0.15) is 0 Å². The number of amides is 1. The van der Waals surface area contributed by atoms with Crippen molar-refractivity contribution in [2.45, 2.75) is 12.3 Å². The van der Waals surface area contributed by atoms with Crippen molar-refractivity contribution in [3.05, 3.63) is 70.0 Å². The molecule has 1 aliphatic rings. The van der Waals surface area contributed by atoms with Gasteiger partial charge in [0.25, 0.3) is 5.56 Å². The minimum atomic E-state index is -0.358. The summed E-state index contributed by atoms with van der Waals surface area (Å²) in [6.45, 7) is 0. The van der Waals surface area contributed by atoms with Crippen LogP contribution in [-0.4, -0.2) is 27.0 Å². The Morgan fingerprint density at radius 2 is 1.96 bits per heavy atom. The fourth-order valence-corrected chi connectivity index (χ4v) is 4.00. The van der Waals surface area contributed by atoms with E-state index in [9.17, 15) is 9.59 Å². The van der Waals surface area contributed by atoms with E-state index < -0.39 is 0 Å². The highest BCUT2D eigenvalue weighted by Gasteiger charge is 2.33. The van der Waals surface area contributed by atoms with Crippen LogP contribution in [0.15, 0.2) is 53.3 Å². The van der Waals surface area contributed by atoms with Gasteiger partial charge in [0.1, 0.15) is 11.6 Å². The lowest BCUT2D eigenvalue weighted by Gasteiger charge is -2.27. The molecule has 1 N–H and O–H groups in total. The summed E-state index contributed by atoms with van der Waals surface area (Å²) in [5.74, 6) is 1.19. The van der Waals surface area contributed by atoms with E-state index in [1.807, 2.05) is 52.9 Å². The molecular weight excluding hydrogens is 356 g/mol. The fourth-order valence-electron chi connectivity index (χ4n) is 4.00. The third kappa shape index (κ3) is 2.26. The maximum Gasteiger partial charge on any atom is 0.260 e. The molecule has 0 bridgehead atoms. The molecule has 2 aromatic carbocycles. The van der Waals surface area contributed by atoms with Crippen LogP contribution in [-0.2, 0) is 11.8 Å². The molecule has 1 aliphatic heterocycles. The molecule has 3 heterocycles. The summed E-state index contributed by atoms with van der Waals surface area (Å²) in [7, 11) is 3.31. The Kier molecular flexibility index (Phi) is 3.52. The highest BCUT2D eigenvalue weighted by molar-refractivity contribution is 5.96. The number of nitrogens with zero attached hydrogens (tertiary/aromatic N) is 3. The van der Waals surface area contributed by atoms with Crippen LogP contribution in [0.2, 0.25) is 0 Å². The summed E-state index contributed by atoms with van der Waals surface area (Å²) in [4.78, 5) is 30.4. The number of methoxy groups -OCH3 is 1. The second kappa shape index (κ2) is 5.95. The summed E-state index contributed by atoms with van der Waals surface area (Å²) < 4.78 is 8.73. The Balaban J connectivity index is 1.88. The van der Waals surface area contributed by atoms with Gasteiger partial charge in [-0.1, -0.05) is 24.3 Å². The highest BCUT2D eigenvalue weighted by atomic mass is 16.5. The Morgan fingerprint density at radius 3 is 2.79 bits per heavy atom. The van der Waals surface area contributed by atoms with Gasteiger partial charge in [-0.05, 0) is 29.8 Å². The maximum atomic E-state index is 13.3. The van der Waals surface area contributed by atoms with Gasteiger partial charge in [0.15, 0.2) is 0 Å². The molecule has 2 aromatic heterocycles. The molecule has 140 valence electrons. The van der Waals surface area contributed by atoms with E-state index in [0.29, 0.717) is 22.9 Å². The molecule has 0 aliphatic carbocycles. The van der Waals surface area contributed by atoms with Gasteiger partial charge in [0.05, 0.1) is 23.7 Å². The van der Waals surface area contributed by atoms with Gasteiger partial charge >= 0.3 is 0 Å². The van der Waals surface area contributed by atoms with E-state index >= 15 is 0 Å². The Morgan fingerprint density at radius 1 is 1.14 bits per heavy atom. The van der Waals surface area contributed by atoms with Crippen LogP contribution in [0, 0.1) is 0 Å². The molecule has 4 aromatic rings. The zero-order valence-corrected chi connectivity index (χ0v) is 15.5. The maximum absolute atomic E-state index is 13.3. The number of fused-ring (bicyclic) bond motifs is 5. The first-order valence-electron chi connectivity index (χ1n) is 9.02. The van der Waals surface area contributed by atoms with Gasteiger partial charge in [0, 0.05) is 19.4 Å². The first-order chi connectivity index (χ1) is 13.6. The number of anilines is 1. The Labute approximate surface area is 160 Å². The van der Waals surface area contributed by atoms with Crippen molar-refractivity contribution in [3.63, 3.8) is 0 Å². The minimum Gasteiger partial charge on any atom is -0.497 e. The zero-order chi connectivity index (χ0) is 19.4. The molecular formula is C21H18N4O3. The third-order valence-corrected chi connectivity index (χ3v) is 5.35. The van der Waals surface area contributed by atoms with Crippen molar-refractivity contribution in [1.82, 2.24) is 14.0 Å². The number of rotatable bonds is 2. The first-order valence-corrected chi connectivity index (χ1v) is 9.02. The second-order valence-corrected chi connectivity index (χ2v) is 6.94. The summed E-state index contributed by atoms with van der Waals surface area (Å²) in [5, 5.41) is 2.92. The lowest BCUT2D eigenvalue weighted by molar-refractivity contribution is -0.116. The van der Waals surface area contributed by atoms with E-state index in [4.69, 9.17) is 4.74 Å². The standard InChI is InChI=1S/C21H18N4O3/c1-24-20(27)18-14(12-6-5-7-13(10-12)28-2)11-17(26)23-19(18)25-16-9-4-3-8-15(16)22-21(24)25/h3-10,14H,11H2,1-2H3,(H,23,26)/t14-/m0/s1. The van der Waals surface area contributed by atoms with Crippen LogP contribution >= 0.6 is 0 Å². The number of benzene rings is 2. The number of hydrogen-bond donors (Lipinski definition) is 1. The van der Waals surface area contributed by atoms with Crippen molar-refractivity contribution in [3.8, 4) is 5.75 Å². The van der Waals surface area contributed by atoms with Crippen molar-refractivity contribution in [2.24, 2.45) is 7.05 Å². The number of aryl methyl sites for hydroxylation is 1. The van der Waals surface area contributed by atoms with Gasteiger partial charge < -0.3 is 10.1 Å². The number of imidazole rings is 1. The zero-order valence-electron chi connectivity index (χ0n) is 15.5. The summed E-state index contributed by atoms with van der Waals surface area (Å²) in [6.07, 6.45) is 0.202. The van der Waals surface area contributed by atoms with Crippen LogP contribution < -0.4 is 15.6 Å². The summed E-state index contributed by atoms with van der Waals surface area (Å²) in [6, 6.07) is 15.2. The average Bonchev–Trinajstić information content (AvgIpc) is 3.11. The molecule has 7 nitrogen and oxygen atoms in total. The lowest BCUT2D eigenvalue weighted by atomic mass is 9.86. The number of ether oxygens (including phenoxy) is 1. The number of aromatic nitrogens is 3. The number of hydrogen-bond acceptors (Lipinski definition) is 4. The van der Waals surface area contributed by atoms with Gasteiger partial charge in [-0.25, -0.2) is 4.98 Å². The molecule has 0 saturated carbocycles. The highest BCUT2D eigenvalue weighted by Crippen LogP contribution is 2.37. The van der Waals surface area contributed by atoms with Crippen LogP contribution in [0.25, 0.3) is 16.8 Å². The SMILES string of the molecule is COc1cccc([C@@H]2CC(=O)Nc3c2c(=O)n(C)c2nc4ccccc4n32)c1. The van der Waals surface area contributed by atoms with E-state index in [1.165, 1.54) is 0 Å². The smallest absolute Gasteiger partial charge is 0.260 e. The number of nitrogens with one attached hydrogen (secondary N) is 1. The Bertz CT molecular complexity index is 1320. The predicted octanol–water partition coefficient (Wildman–Crippen LogP) is 2.67. The molecule has 0 fully saturated rings. The summed E-state index contributed by atoms with van der Waals surface area (Å²) in [5.41, 5.74) is 2.88. The van der Waals surface area contributed by atoms with Crippen LogP contribution in [0.4, 0.5) is 5.82 Å². The predicted molar refractivity (Wildman–Crippen MR) is 106 cm³/mol. The molecule has 1 amide bonds. The average molecular weight is 374 g/mol. The van der Waals surface area contributed by atoms with Crippen LogP contribution in [0.3, 0.4) is 0 Å². The van der Waals surface area contributed by atoms with E-state index in [-0.39, 0.29) is 23.8 Å². The molecule has 5 rings (SSSR count). The van der Waals surface area contributed by atoms with Crippen molar-refractivity contribution >= 4 is 28.5 Å². The molecule has 7 heteroatoms. The van der Waals surface area contributed by atoms with E-state index in [0.717, 1.165) is 16.6 Å². The molecule has 0 spiro atoms. The third-order valence-electron chi connectivity index (χ3n) is 5.35. The van der Waals surface area contributed by atoms with Crippen molar-refractivity contribution < 1.29 is 9.53 Å². The number of para-hydroxylation sites is 2. The summed E-state index contributed by atoms with van der Waals surface area (Å²) >= 11 is 0. The Hall–Kier alpha value is -3.61. The molecule has 0 saturated heterocycles. The monoisotopic (exact) mass is 374 g/mol. The molecule has 0 radical (unpaired) electrons. The second-order valence-electron chi connectivity index (χ2n) is 6.94. The normalized spacial score (nSPS) is 16.2. The van der Waals surface area contributed by atoms with Gasteiger partial charge in [-0.15, -0.1) is 0 Å². The van der Waals surface area contributed by atoms with Gasteiger partial charge in [0.2, 0.25) is 11.7 Å². The van der Waals surface area contributed by atoms with Crippen LogP contribution in [0.5, 0.6) is 5.75 Å². The van der Waals surface area contributed by atoms with E-state index in [2.05, 4.69) is 10.3 Å². The van der Waals surface area contributed by atoms with Gasteiger partial charge in [-0.3, -0.25) is 18.6 Å². The quantitative estimate of drug-likeness (QED) is 0.585. The molecule has 1 atom stereocenters. The van der Waals surface area contributed by atoms with E-state index in [1.54, 1.807) is 18.7 Å². The fraction of sp³-hybridized carbons (Fsp3) is 0.190. The number of carbonyl (C=O) groups excluding carboxylic acids is 1. The van der Waals surface area contributed by atoms with Crippen molar-refractivity contribution in [2.75, 3.05) is 12.4 Å². The number of carbonyl (C=O) groups is 1. The molecule has 28 heavy (non-hydrogen) atoms. The van der Waals surface area contributed by atoms with Crippen LogP contribution in [0.1, 0.15) is 23.5 Å². The van der Waals surface area contributed by atoms with Crippen molar-refractivity contribution in [1.29, 1.82) is 0 Å². The first kappa shape index (κ1) is 16.6. The largest absolute Gasteiger partial charge is 0.497 e. The topological polar surface area (TPSA) is 77.6 Å². The minimum absolute atomic E-state index is 0.132. The lowest BCUT2D eigenvalue weighted by Crippen LogP contribution is -2.35. The molecule has 0 unspecified atom stereocenters.